The molecule has 7 nitrogen and oxygen atoms in total. The van der Waals surface area contributed by atoms with Gasteiger partial charge in [-0.05, 0) is 32.4 Å². The Balaban J connectivity index is 2.07. The second kappa shape index (κ2) is 8.03. The Labute approximate surface area is 152 Å². The van der Waals surface area contributed by atoms with Crippen molar-refractivity contribution in [2.24, 2.45) is 0 Å². The van der Waals surface area contributed by atoms with Gasteiger partial charge in [0.15, 0.2) is 6.04 Å². The summed E-state index contributed by atoms with van der Waals surface area (Å²) in [6, 6.07) is 8.20. The number of benzene rings is 1. The fourth-order valence-electron chi connectivity index (χ4n) is 2.38. The highest BCUT2D eigenvalue weighted by Gasteiger charge is 2.39. The number of methoxy groups -OCH3 is 1. The van der Waals surface area contributed by atoms with Crippen molar-refractivity contribution in [3.05, 3.63) is 47.5 Å². The Morgan fingerprint density at radius 3 is 2.38 bits per heavy atom. The summed E-state index contributed by atoms with van der Waals surface area (Å²) >= 11 is 0. The number of carbonyl (C=O) groups is 3. The molecule has 0 spiro atoms. The van der Waals surface area contributed by atoms with Gasteiger partial charge in [0, 0.05) is 0 Å². The molecule has 0 aliphatic carbocycles. The van der Waals surface area contributed by atoms with E-state index in [0.29, 0.717) is 0 Å². The Kier molecular flexibility index (Phi) is 6.02. The molecule has 0 bridgehead atoms. The Hall–Kier alpha value is -2.83. The molecular weight excluding hydrogens is 338 g/mol. The molecule has 1 aromatic carbocycles. The van der Waals surface area contributed by atoms with Crippen LogP contribution in [0.25, 0.3) is 0 Å². The minimum Gasteiger partial charge on any atom is -0.467 e. The minimum atomic E-state index is -1.02. The lowest BCUT2D eigenvalue weighted by Crippen LogP contribution is -2.44. The molecule has 1 amide bonds. The van der Waals surface area contributed by atoms with Crippen molar-refractivity contribution in [2.75, 3.05) is 13.7 Å². The van der Waals surface area contributed by atoms with Crippen LogP contribution in [0.2, 0.25) is 0 Å². The Bertz CT molecular complexity index is 704. The summed E-state index contributed by atoms with van der Waals surface area (Å²) in [5, 5.41) is 0. The zero-order valence-electron chi connectivity index (χ0n) is 15.4. The molecule has 26 heavy (non-hydrogen) atoms. The lowest BCUT2D eigenvalue weighted by Gasteiger charge is -2.27. The zero-order chi connectivity index (χ0) is 19.3. The van der Waals surface area contributed by atoms with Crippen LogP contribution in [0, 0.1) is 0 Å². The van der Waals surface area contributed by atoms with Crippen LogP contribution in [0.1, 0.15) is 26.3 Å². The van der Waals surface area contributed by atoms with Gasteiger partial charge < -0.3 is 14.2 Å². The third-order valence-corrected chi connectivity index (χ3v) is 3.58. The predicted octanol–water partition coefficient (Wildman–Crippen LogP) is 2.45. The molecule has 0 fully saturated rings. The van der Waals surface area contributed by atoms with Gasteiger partial charge >= 0.3 is 18.0 Å². The number of hydrogen-bond acceptors (Lipinski definition) is 6. The lowest BCUT2D eigenvalue weighted by molar-refractivity contribution is -0.144. The first-order chi connectivity index (χ1) is 12.2. The molecule has 1 aromatic rings. The number of carbonyl (C=O) groups excluding carboxylic acids is 3. The average molecular weight is 361 g/mol. The summed E-state index contributed by atoms with van der Waals surface area (Å²) in [5.41, 5.74) is 0.323. The molecule has 1 heterocycles. The number of nitrogens with zero attached hydrogens (tertiary/aromatic N) is 1. The number of esters is 2. The van der Waals surface area contributed by atoms with E-state index in [-0.39, 0.29) is 18.7 Å². The van der Waals surface area contributed by atoms with Crippen molar-refractivity contribution < 1.29 is 28.6 Å². The molecule has 0 aromatic heterocycles. The zero-order valence-corrected chi connectivity index (χ0v) is 15.4. The van der Waals surface area contributed by atoms with Gasteiger partial charge in [-0.1, -0.05) is 30.3 Å². The highest BCUT2D eigenvalue weighted by Crippen LogP contribution is 2.22. The lowest BCUT2D eigenvalue weighted by atomic mass is 10.2. The summed E-state index contributed by atoms with van der Waals surface area (Å²) in [7, 11) is 1.22. The first-order valence-electron chi connectivity index (χ1n) is 8.20. The van der Waals surface area contributed by atoms with Crippen LogP contribution in [0.15, 0.2) is 42.0 Å². The quantitative estimate of drug-likeness (QED) is 0.605. The molecule has 1 aliphatic rings. The van der Waals surface area contributed by atoms with Crippen molar-refractivity contribution in [3.63, 3.8) is 0 Å². The van der Waals surface area contributed by atoms with Gasteiger partial charge in [0.1, 0.15) is 12.2 Å². The van der Waals surface area contributed by atoms with E-state index < -0.39 is 29.7 Å². The van der Waals surface area contributed by atoms with E-state index in [1.54, 1.807) is 20.8 Å². The molecule has 0 radical (unpaired) electrons. The maximum atomic E-state index is 12.3. The monoisotopic (exact) mass is 361 g/mol. The van der Waals surface area contributed by atoms with Crippen LogP contribution >= 0.6 is 0 Å². The topological polar surface area (TPSA) is 82.1 Å². The number of amides is 1. The molecular formula is C19H23NO6. The highest BCUT2D eigenvalue weighted by molar-refractivity contribution is 5.95. The summed E-state index contributed by atoms with van der Waals surface area (Å²) < 4.78 is 15.3. The fourth-order valence-corrected chi connectivity index (χ4v) is 2.38. The van der Waals surface area contributed by atoms with E-state index >= 15 is 0 Å². The van der Waals surface area contributed by atoms with E-state index in [4.69, 9.17) is 14.2 Å². The van der Waals surface area contributed by atoms with E-state index in [1.807, 2.05) is 30.3 Å². The summed E-state index contributed by atoms with van der Waals surface area (Å²) in [5.74, 6) is -1.24. The van der Waals surface area contributed by atoms with Crippen LogP contribution in [0.3, 0.4) is 0 Å². The third-order valence-electron chi connectivity index (χ3n) is 3.58. The summed E-state index contributed by atoms with van der Waals surface area (Å²) in [4.78, 5) is 37.8. The van der Waals surface area contributed by atoms with Gasteiger partial charge in [0.2, 0.25) is 0 Å². The predicted molar refractivity (Wildman–Crippen MR) is 93.1 cm³/mol. The van der Waals surface area contributed by atoms with Crippen LogP contribution in [-0.4, -0.2) is 48.2 Å². The fraction of sp³-hybridized carbons (Fsp3) is 0.421. The van der Waals surface area contributed by atoms with Crippen molar-refractivity contribution in [1.82, 2.24) is 4.90 Å². The minimum absolute atomic E-state index is 0.0810. The van der Waals surface area contributed by atoms with Gasteiger partial charge in [0.05, 0.1) is 19.2 Å². The number of rotatable bonds is 4. The van der Waals surface area contributed by atoms with E-state index in [9.17, 15) is 14.4 Å². The van der Waals surface area contributed by atoms with Crippen molar-refractivity contribution >= 4 is 18.0 Å². The van der Waals surface area contributed by atoms with Crippen molar-refractivity contribution in [3.8, 4) is 0 Å². The first-order valence-corrected chi connectivity index (χ1v) is 8.20. The second-order valence-corrected chi connectivity index (χ2v) is 6.83. The van der Waals surface area contributed by atoms with Gasteiger partial charge in [-0.25, -0.2) is 14.4 Å². The largest absolute Gasteiger partial charge is 0.467 e. The standard InChI is InChI=1S/C19H23NO6/c1-19(2,3)26-18(23)20-11-14(10-15(20)17(22)24-4)16(21)25-12-13-8-6-5-7-9-13/h5-10,15H,11-12H2,1-4H3. The molecule has 0 saturated carbocycles. The summed E-state index contributed by atoms with van der Waals surface area (Å²) in [6.45, 7) is 5.18. The SMILES string of the molecule is COC(=O)C1C=C(C(=O)OCc2ccccc2)CN1C(=O)OC(C)(C)C. The van der Waals surface area contributed by atoms with Crippen LogP contribution in [0.5, 0.6) is 0 Å². The Morgan fingerprint density at radius 1 is 1.15 bits per heavy atom. The molecule has 0 saturated heterocycles. The normalized spacial score (nSPS) is 16.7. The maximum absolute atomic E-state index is 12.3. The molecule has 1 atom stereocenters. The smallest absolute Gasteiger partial charge is 0.411 e. The number of hydrogen-bond donors (Lipinski definition) is 0. The van der Waals surface area contributed by atoms with Crippen LogP contribution < -0.4 is 0 Å². The van der Waals surface area contributed by atoms with Gasteiger partial charge in [-0.2, -0.15) is 0 Å². The highest BCUT2D eigenvalue weighted by atomic mass is 16.6. The molecule has 2 rings (SSSR count). The molecule has 1 aliphatic heterocycles. The van der Waals surface area contributed by atoms with E-state index in [0.717, 1.165) is 10.5 Å². The van der Waals surface area contributed by atoms with E-state index in [2.05, 4.69) is 0 Å². The molecule has 0 N–H and O–H groups in total. The van der Waals surface area contributed by atoms with Gasteiger partial charge in [0.25, 0.3) is 0 Å². The molecule has 1 unspecified atom stereocenters. The molecule has 7 heteroatoms. The maximum Gasteiger partial charge on any atom is 0.411 e. The van der Waals surface area contributed by atoms with Crippen LogP contribution in [-0.2, 0) is 30.4 Å². The van der Waals surface area contributed by atoms with Gasteiger partial charge in [-0.15, -0.1) is 0 Å². The summed E-state index contributed by atoms with van der Waals surface area (Å²) in [6.07, 6.45) is 0.679. The van der Waals surface area contributed by atoms with Crippen LogP contribution in [0.4, 0.5) is 4.79 Å². The molecule has 140 valence electrons. The number of ether oxygens (including phenoxy) is 3. The van der Waals surface area contributed by atoms with E-state index in [1.165, 1.54) is 13.2 Å². The van der Waals surface area contributed by atoms with Crippen molar-refractivity contribution in [2.45, 2.75) is 39.0 Å². The second-order valence-electron chi connectivity index (χ2n) is 6.83. The average Bonchev–Trinajstić information content (AvgIpc) is 3.04. The van der Waals surface area contributed by atoms with Crippen molar-refractivity contribution in [1.29, 1.82) is 0 Å². The Morgan fingerprint density at radius 2 is 1.81 bits per heavy atom. The first kappa shape index (κ1) is 19.5. The van der Waals surface area contributed by atoms with Gasteiger partial charge in [-0.3, -0.25) is 4.90 Å². The third kappa shape index (κ3) is 5.08.